The van der Waals surface area contributed by atoms with E-state index in [4.69, 9.17) is 4.98 Å². The number of fused-ring (bicyclic) bond motifs is 1. The van der Waals surface area contributed by atoms with E-state index < -0.39 is 0 Å². The monoisotopic (exact) mass is 381 g/mol. The van der Waals surface area contributed by atoms with Gasteiger partial charge in [0, 0.05) is 6.54 Å². The van der Waals surface area contributed by atoms with Crippen LogP contribution >= 0.6 is 11.8 Å². The Kier molecular flexibility index (Phi) is 5.65. The SMILES string of the molecule is CCNC(=O)[C@@H](C)Sc1nc2ccccc2c(=O)n1-c1ccc(C)cc1C. The van der Waals surface area contributed by atoms with Crippen LogP contribution in [0.3, 0.4) is 0 Å². The Labute approximate surface area is 162 Å². The fourth-order valence-corrected chi connectivity index (χ4v) is 3.93. The lowest BCUT2D eigenvalue weighted by atomic mass is 10.1. The van der Waals surface area contributed by atoms with Crippen molar-refractivity contribution in [3.63, 3.8) is 0 Å². The summed E-state index contributed by atoms with van der Waals surface area (Å²) < 4.78 is 1.62. The predicted molar refractivity (Wildman–Crippen MR) is 111 cm³/mol. The second kappa shape index (κ2) is 7.96. The number of aromatic nitrogens is 2. The lowest BCUT2D eigenvalue weighted by Gasteiger charge is -2.17. The Morgan fingerprint density at radius 1 is 1.22 bits per heavy atom. The van der Waals surface area contributed by atoms with Crippen LogP contribution in [0.25, 0.3) is 16.6 Å². The number of aryl methyl sites for hydroxylation is 2. The minimum absolute atomic E-state index is 0.0721. The fourth-order valence-electron chi connectivity index (χ4n) is 2.99. The summed E-state index contributed by atoms with van der Waals surface area (Å²) in [4.78, 5) is 30.2. The number of benzene rings is 2. The number of thioether (sulfide) groups is 1. The van der Waals surface area contributed by atoms with E-state index in [1.807, 2.05) is 64.1 Å². The van der Waals surface area contributed by atoms with E-state index in [9.17, 15) is 9.59 Å². The maximum atomic E-state index is 13.3. The average molecular weight is 382 g/mol. The average Bonchev–Trinajstić information content (AvgIpc) is 2.63. The molecule has 5 nitrogen and oxygen atoms in total. The van der Waals surface area contributed by atoms with Crippen LogP contribution in [0, 0.1) is 13.8 Å². The maximum Gasteiger partial charge on any atom is 0.266 e. The van der Waals surface area contributed by atoms with E-state index in [2.05, 4.69) is 5.32 Å². The molecule has 1 N–H and O–H groups in total. The molecule has 0 radical (unpaired) electrons. The molecule has 0 unspecified atom stereocenters. The van der Waals surface area contributed by atoms with Crippen LogP contribution in [-0.4, -0.2) is 27.3 Å². The number of nitrogens with zero attached hydrogens (tertiary/aromatic N) is 2. The van der Waals surface area contributed by atoms with E-state index in [1.165, 1.54) is 11.8 Å². The molecular weight excluding hydrogens is 358 g/mol. The second-order valence-electron chi connectivity index (χ2n) is 6.50. The van der Waals surface area contributed by atoms with Crippen molar-refractivity contribution in [2.75, 3.05) is 6.54 Å². The quantitative estimate of drug-likeness (QED) is 0.542. The standard InChI is InChI=1S/C21H23N3O2S/c1-5-22-19(25)15(4)27-21-23-17-9-7-6-8-16(17)20(26)24(21)18-11-10-13(2)12-14(18)3/h6-12,15H,5H2,1-4H3,(H,22,25)/t15-/m1/s1. The molecule has 0 aliphatic carbocycles. The molecule has 0 aliphatic heterocycles. The highest BCUT2D eigenvalue weighted by Gasteiger charge is 2.20. The molecule has 0 aliphatic rings. The number of carbonyl (C=O) groups is 1. The molecule has 140 valence electrons. The van der Waals surface area contributed by atoms with Gasteiger partial charge < -0.3 is 5.32 Å². The van der Waals surface area contributed by atoms with E-state index in [1.54, 1.807) is 10.6 Å². The van der Waals surface area contributed by atoms with E-state index >= 15 is 0 Å². The molecule has 1 atom stereocenters. The number of rotatable bonds is 5. The van der Waals surface area contributed by atoms with Crippen LogP contribution in [-0.2, 0) is 4.79 Å². The highest BCUT2D eigenvalue weighted by atomic mass is 32.2. The predicted octanol–water partition coefficient (Wildman–Crippen LogP) is 3.62. The van der Waals surface area contributed by atoms with Crippen LogP contribution in [0.2, 0.25) is 0 Å². The van der Waals surface area contributed by atoms with Gasteiger partial charge in [-0.2, -0.15) is 0 Å². The summed E-state index contributed by atoms with van der Waals surface area (Å²) in [5.41, 5.74) is 3.41. The molecule has 1 aromatic heterocycles. The molecular formula is C21H23N3O2S. The third kappa shape index (κ3) is 3.90. The first-order chi connectivity index (χ1) is 12.9. The second-order valence-corrected chi connectivity index (χ2v) is 7.80. The maximum absolute atomic E-state index is 13.3. The topological polar surface area (TPSA) is 64.0 Å². The Morgan fingerprint density at radius 3 is 2.67 bits per heavy atom. The van der Waals surface area contributed by atoms with Crippen molar-refractivity contribution in [3.05, 3.63) is 63.9 Å². The third-order valence-electron chi connectivity index (χ3n) is 4.34. The highest BCUT2D eigenvalue weighted by molar-refractivity contribution is 8.00. The van der Waals surface area contributed by atoms with Gasteiger partial charge in [0.2, 0.25) is 5.91 Å². The zero-order valence-electron chi connectivity index (χ0n) is 15.9. The summed E-state index contributed by atoms with van der Waals surface area (Å²) in [7, 11) is 0. The van der Waals surface area contributed by atoms with Gasteiger partial charge in [-0.3, -0.25) is 14.2 Å². The summed E-state index contributed by atoms with van der Waals surface area (Å²) in [5.74, 6) is -0.0721. The molecule has 3 aromatic rings. The van der Waals surface area contributed by atoms with E-state index in [-0.39, 0.29) is 16.7 Å². The molecule has 0 fully saturated rings. The number of hydrogen-bond acceptors (Lipinski definition) is 4. The first-order valence-electron chi connectivity index (χ1n) is 8.96. The van der Waals surface area contributed by atoms with Gasteiger partial charge >= 0.3 is 0 Å². The molecule has 0 saturated heterocycles. The van der Waals surface area contributed by atoms with Crippen molar-refractivity contribution >= 4 is 28.6 Å². The van der Waals surface area contributed by atoms with Gasteiger partial charge in [0.25, 0.3) is 5.56 Å². The Balaban J connectivity index is 2.21. The zero-order chi connectivity index (χ0) is 19.6. The van der Waals surface area contributed by atoms with Crippen molar-refractivity contribution < 1.29 is 4.79 Å². The van der Waals surface area contributed by atoms with Crippen LogP contribution in [0.1, 0.15) is 25.0 Å². The number of para-hydroxylation sites is 1. The largest absolute Gasteiger partial charge is 0.355 e. The minimum Gasteiger partial charge on any atom is -0.355 e. The fraction of sp³-hybridized carbons (Fsp3) is 0.286. The molecule has 0 saturated carbocycles. The molecule has 2 aromatic carbocycles. The normalized spacial score (nSPS) is 12.1. The molecule has 0 spiro atoms. The summed E-state index contributed by atoms with van der Waals surface area (Å²) in [5, 5.41) is 3.54. The summed E-state index contributed by atoms with van der Waals surface area (Å²) >= 11 is 1.29. The summed E-state index contributed by atoms with van der Waals surface area (Å²) in [6, 6.07) is 13.3. The molecule has 1 amide bonds. The van der Waals surface area contributed by atoms with Gasteiger partial charge in [0.1, 0.15) is 0 Å². The lowest BCUT2D eigenvalue weighted by Crippen LogP contribution is -2.31. The van der Waals surface area contributed by atoms with Crippen molar-refractivity contribution in [1.29, 1.82) is 0 Å². The highest BCUT2D eigenvalue weighted by Crippen LogP contribution is 2.26. The first kappa shape index (κ1) is 19.2. The van der Waals surface area contributed by atoms with E-state index in [0.717, 1.165) is 16.8 Å². The Hall–Kier alpha value is -2.60. The minimum atomic E-state index is -0.366. The van der Waals surface area contributed by atoms with Crippen LogP contribution in [0.4, 0.5) is 0 Å². The summed E-state index contributed by atoms with van der Waals surface area (Å²) in [6.45, 7) is 8.27. The van der Waals surface area contributed by atoms with Crippen molar-refractivity contribution in [1.82, 2.24) is 14.9 Å². The summed E-state index contributed by atoms with van der Waals surface area (Å²) in [6.07, 6.45) is 0. The molecule has 6 heteroatoms. The molecule has 3 rings (SSSR count). The number of amides is 1. The van der Waals surface area contributed by atoms with Crippen molar-refractivity contribution in [2.45, 2.75) is 38.1 Å². The van der Waals surface area contributed by atoms with Crippen molar-refractivity contribution in [2.24, 2.45) is 0 Å². The lowest BCUT2D eigenvalue weighted by molar-refractivity contribution is -0.120. The van der Waals surface area contributed by atoms with E-state index in [0.29, 0.717) is 22.6 Å². The van der Waals surface area contributed by atoms with Gasteiger partial charge in [-0.15, -0.1) is 0 Å². The number of hydrogen-bond donors (Lipinski definition) is 1. The third-order valence-corrected chi connectivity index (χ3v) is 5.39. The van der Waals surface area contributed by atoms with Crippen LogP contribution in [0.5, 0.6) is 0 Å². The van der Waals surface area contributed by atoms with Gasteiger partial charge in [-0.25, -0.2) is 4.98 Å². The van der Waals surface area contributed by atoms with Gasteiger partial charge in [0.15, 0.2) is 5.16 Å². The zero-order valence-corrected chi connectivity index (χ0v) is 16.8. The molecule has 27 heavy (non-hydrogen) atoms. The smallest absolute Gasteiger partial charge is 0.266 e. The number of nitrogens with one attached hydrogen (secondary N) is 1. The van der Waals surface area contributed by atoms with Gasteiger partial charge in [-0.05, 0) is 51.5 Å². The molecule has 1 heterocycles. The van der Waals surface area contributed by atoms with Crippen LogP contribution in [0.15, 0.2) is 52.4 Å². The molecule has 0 bridgehead atoms. The number of carbonyl (C=O) groups excluding carboxylic acids is 1. The first-order valence-corrected chi connectivity index (χ1v) is 9.84. The van der Waals surface area contributed by atoms with Gasteiger partial charge in [-0.1, -0.05) is 41.6 Å². The Bertz CT molecular complexity index is 1060. The van der Waals surface area contributed by atoms with Crippen molar-refractivity contribution in [3.8, 4) is 5.69 Å². The Morgan fingerprint density at radius 2 is 1.96 bits per heavy atom. The van der Waals surface area contributed by atoms with Gasteiger partial charge in [0.05, 0.1) is 21.8 Å². The van der Waals surface area contributed by atoms with Crippen LogP contribution < -0.4 is 10.9 Å².